The number of carboxylic acids is 1. The highest BCUT2D eigenvalue weighted by atomic mass is 35.5. The van der Waals surface area contributed by atoms with E-state index in [1.807, 2.05) is 0 Å². The highest BCUT2D eigenvalue weighted by Crippen LogP contribution is 2.26. The van der Waals surface area contributed by atoms with Gasteiger partial charge in [-0.2, -0.15) is 4.31 Å². The quantitative estimate of drug-likeness (QED) is 0.707. The molecule has 0 aromatic carbocycles. The molecule has 7 nitrogen and oxygen atoms in total. The molecule has 1 atom stereocenters. The highest BCUT2D eigenvalue weighted by molar-refractivity contribution is 7.88. The van der Waals surface area contributed by atoms with Crippen LogP contribution in [0, 0.1) is 5.92 Å². The van der Waals surface area contributed by atoms with Crippen LogP contribution >= 0.6 is 12.4 Å². The minimum atomic E-state index is -3.55. The lowest BCUT2D eigenvalue weighted by Gasteiger charge is -2.36. The first-order valence-corrected chi connectivity index (χ1v) is 9.70. The number of carboxylic acid groups (broad SMARTS) is 1. The van der Waals surface area contributed by atoms with E-state index in [0.29, 0.717) is 13.2 Å². The molecule has 9 heteroatoms. The largest absolute Gasteiger partial charge is 0.480 e. The van der Waals surface area contributed by atoms with Crippen LogP contribution in [0.1, 0.15) is 25.7 Å². The van der Waals surface area contributed by atoms with Crippen LogP contribution in [0.5, 0.6) is 0 Å². The normalized spacial score (nSPS) is 23.8. The van der Waals surface area contributed by atoms with Crippen molar-refractivity contribution in [2.45, 2.75) is 31.8 Å². The van der Waals surface area contributed by atoms with Gasteiger partial charge in [-0.3, -0.25) is 9.69 Å². The Morgan fingerprint density at radius 3 is 2.57 bits per heavy atom. The highest BCUT2D eigenvalue weighted by Gasteiger charge is 2.29. The van der Waals surface area contributed by atoms with Gasteiger partial charge in [0.2, 0.25) is 10.0 Å². The van der Waals surface area contributed by atoms with Crippen LogP contribution in [-0.4, -0.2) is 80.4 Å². The summed E-state index contributed by atoms with van der Waals surface area (Å²) in [6.45, 7) is 2.74. The molecule has 1 aliphatic carbocycles. The van der Waals surface area contributed by atoms with Crippen LogP contribution in [0.4, 0.5) is 0 Å². The molecule has 0 aromatic heterocycles. The molecule has 0 bridgehead atoms. The van der Waals surface area contributed by atoms with E-state index >= 15 is 0 Å². The molecule has 1 N–H and O–H groups in total. The number of nitrogens with zero attached hydrogens (tertiary/aromatic N) is 2. The summed E-state index contributed by atoms with van der Waals surface area (Å²) in [5, 5.41) is 8.86. The number of hydrogen-bond acceptors (Lipinski definition) is 5. The number of carbonyl (C=O) groups is 1. The van der Waals surface area contributed by atoms with Crippen molar-refractivity contribution in [2.75, 3.05) is 45.6 Å². The fourth-order valence-corrected chi connectivity index (χ4v) is 4.09. The first-order chi connectivity index (χ1) is 10.3. The topological polar surface area (TPSA) is 87.2 Å². The lowest BCUT2D eigenvalue weighted by molar-refractivity contribution is -0.137. The standard InChI is InChI=1S/C14H26N2O5S.ClH/c1-22(19,20)16(11-14(17)18)10-13-9-15(6-7-21-13)8-12-4-2-3-5-12;/h12-13H,2-11H2,1H3,(H,17,18);1H. The van der Waals surface area contributed by atoms with Crippen molar-refractivity contribution in [3.05, 3.63) is 0 Å². The number of sulfonamides is 1. The van der Waals surface area contributed by atoms with E-state index in [1.165, 1.54) is 25.7 Å². The second kappa shape index (κ2) is 9.17. The van der Waals surface area contributed by atoms with Gasteiger partial charge in [-0.1, -0.05) is 12.8 Å². The molecular weight excluding hydrogens is 344 g/mol. The zero-order valence-corrected chi connectivity index (χ0v) is 15.1. The van der Waals surface area contributed by atoms with Crippen molar-refractivity contribution in [1.82, 2.24) is 9.21 Å². The lowest BCUT2D eigenvalue weighted by atomic mass is 10.1. The van der Waals surface area contributed by atoms with Crippen LogP contribution in [0.25, 0.3) is 0 Å². The Morgan fingerprint density at radius 2 is 2.00 bits per heavy atom. The third-order valence-corrected chi connectivity index (χ3v) is 5.62. The number of aliphatic carboxylic acids is 1. The summed E-state index contributed by atoms with van der Waals surface area (Å²) in [4.78, 5) is 13.2. The molecule has 0 radical (unpaired) electrons. The summed E-state index contributed by atoms with van der Waals surface area (Å²) < 4.78 is 30.0. The Balaban J connectivity index is 0.00000264. The van der Waals surface area contributed by atoms with Gasteiger partial charge in [0.1, 0.15) is 6.54 Å². The van der Waals surface area contributed by atoms with E-state index in [0.717, 1.165) is 29.6 Å². The minimum Gasteiger partial charge on any atom is -0.480 e. The predicted molar refractivity (Wildman–Crippen MR) is 89.4 cm³/mol. The number of hydrogen-bond donors (Lipinski definition) is 1. The monoisotopic (exact) mass is 370 g/mol. The molecule has 2 aliphatic rings. The summed E-state index contributed by atoms with van der Waals surface area (Å²) in [6.07, 6.45) is 5.93. The Kier molecular flexibility index (Phi) is 8.23. The maximum Gasteiger partial charge on any atom is 0.318 e. The van der Waals surface area contributed by atoms with E-state index in [4.69, 9.17) is 9.84 Å². The van der Waals surface area contributed by atoms with Gasteiger partial charge in [-0.15, -0.1) is 12.4 Å². The van der Waals surface area contributed by atoms with Crippen molar-refractivity contribution in [1.29, 1.82) is 0 Å². The van der Waals surface area contributed by atoms with Gasteiger partial charge in [0.15, 0.2) is 0 Å². The molecule has 0 amide bonds. The molecule has 0 aromatic rings. The molecule has 0 spiro atoms. The summed E-state index contributed by atoms with van der Waals surface area (Å²) in [5.41, 5.74) is 0. The van der Waals surface area contributed by atoms with E-state index < -0.39 is 22.5 Å². The molecule has 136 valence electrons. The Labute approximate surface area is 144 Å². The van der Waals surface area contributed by atoms with Crippen molar-refractivity contribution in [2.24, 2.45) is 5.92 Å². The molecule has 1 unspecified atom stereocenters. The SMILES string of the molecule is CS(=O)(=O)N(CC(=O)O)CC1CN(CC2CCCC2)CCO1.Cl. The van der Waals surface area contributed by atoms with Crippen molar-refractivity contribution < 1.29 is 23.1 Å². The van der Waals surface area contributed by atoms with E-state index in [2.05, 4.69) is 4.90 Å². The Hall–Kier alpha value is -0.410. The van der Waals surface area contributed by atoms with Gasteiger partial charge in [0.25, 0.3) is 0 Å². The number of ether oxygens (including phenoxy) is 1. The second-order valence-corrected chi connectivity index (χ2v) is 8.33. The zero-order chi connectivity index (χ0) is 16.2. The molecular formula is C14H27ClN2O5S. The van der Waals surface area contributed by atoms with E-state index in [1.54, 1.807) is 0 Å². The predicted octanol–water partition coefficient (Wildman–Crippen LogP) is 0.645. The summed E-state index contributed by atoms with van der Waals surface area (Å²) in [6, 6.07) is 0. The minimum absolute atomic E-state index is 0. The number of halogens is 1. The first-order valence-electron chi connectivity index (χ1n) is 7.85. The van der Waals surface area contributed by atoms with Crippen molar-refractivity contribution in [3.63, 3.8) is 0 Å². The van der Waals surface area contributed by atoms with Gasteiger partial charge in [0.05, 0.1) is 19.0 Å². The van der Waals surface area contributed by atoms with Crippen LogP contribution < -0.4 is 0 Å². The van der Waals surface area contributed by atoms with Crippen molar-refractivity contribution >= 4 is 28.4 Å². The van der Waals surface area contributed by atoms with Gasteiger partial charge >= 0.3 is 5.97 Å². The number of morpholine rings is 1. The van der Waals surface area contributed by atoms with Crippen LogP contribution in [0.2, 0.25) is 0 Å². The molecule has 1 heterocycles. The third kappa shape index (κ3) is 6.93. The van der Waals surface area contributed by atoms with Crippen LogP contribution in [0.15, 0.2) is 0 Å². The molecule has 23 heavy (non-hydrogen) atoms. The maximum absolute atomic E-state index is 11.7. The third-order valence-electron chi connectivity index (χ3n) is 4.40. The van der Waals surface area contributed by atoms with E-state index in [-0.39, 0.29) is 25.1 Å². The van der Waals surface area contributed by atoms with Gasteiger partial charge in [-0.05, 0) is 18.8 Å². The Morgan fingerprint density at radius 1 is 1.35 bits per heavy atom. The summed E-state index contributed by atoms with van der Waals surface area (Å²) in [7, 11) is -3.55. The fraction of sp³-hybridized carbons (Fsp3) is 0.929. The van der Waals surface area contributed by atoms with Crippen LogP contribution in [-0.2, 0) is 19.6 Å². The first kappa shape index (κ1) is 20.6. The summed E-state index contributed by atoms with van der Waals surface area (Å²) in [5.74, 6) is -0.409. The smallest absolute Gasteiger partial charge is 0.318 e. The Bertz CT molecular complexity index is 482. The average Bonchev–Trinajstić information content (AvgIpc) is 2.90. The fourth-order valence-electron chi connectivity index (χ4n) is 3.31. The number of rotatable bonds is 7. The molecule has 2 rings (SSSR count). The molecule has 1 saturated carbocycles. The molecule has 1 saturated heterocycles. The summed E-state index contributed by atoms with van der Waals surface area (Å²) >= 11 is 0. The molecule has 1 aliphatic heterocycles. The van der Waals surface area contributed by atoms with Crippen LogP contribution in [0.3, 0.4) is 0 Å². The average molecular weight is 371 g/mol. The van der Waals surface area contributed by atoms with Gasteiger partial charge in [0, 0.05) is 26.2 Å². The van der Waals surface area contributed by atoms with E-state index in [9.17, 15) is 13.2 Å². The van der Waals surface area contributed by atoms with Gasteiger partial charge < -0.3 is 9.84 Å². The lowest BCUT2D eigenvalue weighted by Crippen LogP contribution is -2.50. The zero-order valence-electron chi connectivity index (χ0n) is 13.5. The van der Waals surface area contributed by atoms with Crippen molar-refractivity contribution in [3.8, 4) is 0 Å². The second-order valence-electron chi connectivity index (χ2n) is 6.35. The maximum atomic E-state index is 11.7. The van der Waals surface area contributed by atoms with Gasteiger partial charge in [-0.25, -0.2) is 8.42 Å². The molecule has 2 fully saturated rings.